The fourth-order valence-electron chi connectivity index (χ4n) is 3.60. The standard InChI is InChI=1S/C18H25N3O2/c1-2-14-8-6-7-12-21(14)18(23)19-16-11-13-20(17(16)22)15-9-4-3-5-10-15/h3-5,9-10,14,16H,2,6-8,11-13H2,1H3,(H,19,23)/t14-,16-/m0/s1. The molecule has 0 aromatic heterocycles. The molecule has 3 amide bonds. The normalized spacial score (nSPS) is 24.8. The van der Waals surface area contributed by atoms with E-state index in [1.54, 1.807) is 4.90 Å². The number of piperidine rings is 1. The van der Waals surface area contributed by atoms with Gasteiger partial charge in [0.1, 0.15) is 6.04 Å². The number of rotatable bonds is 3. The number of nitrogens with zero attached hydrogens (tertiary/aromatic N) is 2. The SMILES string of the molecule is CC[C@H]1CCCCN1C(=O)N[C@H]1CCN(c2ccccc2)C1=O. The Morgan fingerprint density at radius 1 is 1.17 bits per heavy atom. The first-order valence-electron chi connectivity index (χ1n) is 8.64. The predicted molar refractivity (Wildman–Crippen MR) is 90.4 cm³/mol. The summed E-state index contributed by atoms with van der Waals surface area (Å²) in [6.07, 6.45) is 4.95. The Balaban J connectivity index is 1.62. The van der Waals surface area contributed by atoms with Crippen molar-refractivity contribution in [2.45, 2.75) is 51.1 Å². The maximum atomic E-state index is 12.6. The van der Waals surface area contributed by atoms with Crippen molar-refractivity contribution in [3.05, 3.63) is 30.3 Å². The highest BCUT2D eigenvalue weighted by Crippen LogP contribution is 2.23. The molecule has 1 aromatic carbocycles. The van der Waals surface area contributed by atoms with Gasteiger partial charge in [-0.3, -0.25) is 4.79 Å². The quantitative estimate of drug-likeness (QED) is 0.932. The van der Waals surface area contributed by atoms with Gasteiger partial charge >= 0.3 is 6.03 Å². The van der Waals surface area contributed by atoms with E-state index >= 15 is 0 Å². The largest absolute Gasteiger partial charge is 0.326 e. The van der Waals surface area contributed by atoms with E-state index in [0.29, 0.717) is 19.0 Å². The smallest absolute Gasteiger partial charge is 0.318 e. The average molecular weight is 315 g/mol. The van der Waals surface area contributed by atoms with Crippen LogP contribution in [0.1, 0.15) is 39.0 Å². The minimum Gasteiger partial charge on any atom is -0.326 e. The van der Waals surface area contributed by atoms with Gasteiger partial charge in [-0.25, -0.2) is 4.79 Å². The number of likely N-dealkylation sites (tertiary alicyclic amines) is 1. The molecule has 0 saturated carbocycles. The van der Waals surface area contributed by atoms with Crippen molar-refractivity contribution in [3.8, 4) is 0 Å². The topological polar surface area (TPSA) is 52.7 Å². The molecule has 3 rings (SSSR count). The molecule has 2 heterocycles. The fourth-order valence-corrected chi connectivity index (χ4v) is 3.60. The van der Waals surface area contributed by atoms with Crippen LogP contribution in [-0.2, 0) is 4.79 Å². The molecule has 2 fully saturated rings. The van der Waals surface area contributed by atoms with Gasteiger partial charge in [0.25, 0.3) is 0 Å². The predicted octanol–water partition coefficient (Wildman–Crippen LogP) is 2.77. The molecule has 2 atom stereocenters. The summed E-state index contributed by atoms with van der Waals surface area (Å²) in [5.74, 6) is -0.00499. The molecule has 23 heavy (non-hydrogen) atoms. The zero-order chi connectivity index (χ0) is 16.2. The fraction of sp³-hybridized carbons (Fsp3) is 0.556. The Hall–Kier alpha value is -2.04. The van der Waals surface area contributed by atoms with Crippen molar-refractivity contribution in [3.63, 3.8) is 0 Å². The lowest BCUT2D eigenvalue weighted by Crippen LogP contribution is -2.52. The number of carbonyl (C=O) groups excluding carboxylic acids is 2. The van der Waals surface area contributed by atoms with Gasteiger partial charge in [-0.2, -0.15) is 0 Å². The number of carbonyl (C=O) groups is 2. The Kier molecular flexibility index (Phi) is 4.84. The number of urea groups is 1. The summed E-state index contributed by atoms with van der Waals surface area (Å²) in [5, 5.41) is 2.96. The van der Waals surface area contributed by atoms with E-state index in [1.807, 2.05) is 35.2 Å². The average Bonchev–Trinajstić information content (AvgIpc) is 2.96. The molecule has 0 bridgehead atoms. The molecule has 1 aromatic rings. The van der Waals surface area contributed by atoms with E-state index in [4.69, 9.17) is 0 Å². The van der Waals surface area contributed by atoms with Crippen molar-refractivity contribution in [1.29, 1.82) is 0 Å². The molecule has 0 aliphatic carbocycles. The van der Waals surface area contributed by atoms with Crippen molar-refractivity contribution < 1.29 is 9.59 Å². The molecule has 0 unspecified atom stereocenters. The third-order valence-electron chi connectivity index (χ3n) is 4.93. The van der Waals surface area contributed by atoms with Gasteiger partial charge < -0.3 is 15.1 Å². The minimum absolute atomic E-state index is 0.00499. The summed E-state index contributed by atoms with van der Waals surface area (Å²) in [6.45, 7) is 3.58. The Labute approximate surface area is 137 Å². The maximum absolute atomic E-state index is 12.6. The molecular weight excluding hydrogens is 290 g/mol. The van der Waals surface area contributed by atoms with Crippen LogP contribution < -0.4 is 10.2 Å². The lowest BCUT2D eigenvalue weighted by atomic mass is 10.0. The molecule has 1 N–H and O–H groups in total. The van der Waals surface area contributed by atoms with E-state index in [-0.39, 0.29) is 11.9 Å². The molecule has 2 aliphatic heterocycles. The second-order valence-corrected chi connectivity index (χ2v) is 6.37. The molecule has 2 aliphatic rings. The zero-order valence-electron chi connectivity index (χ0n) is 13.7. The van der Waals surface area contributed by atoms with Gasteiger partial charge in [-0.1, -0.05) is 25.1 Å². The highest BCUT2D eigenvalue weighted by molar-refractivity contribution is 6.01. The first kappa shape index (κ1) is 15.8. The molecule has 0 radical (unpaired) electrons. The summed E-state index contributed by atoms with van der Waals surface area (Å²) in [6, 6.07) is 9.48. The summed E-state index contributed by atoms with van der Waals surface area (Å²) < 4.78 is 0. The first-order chi connectivity index (χ1) is 11.2. The summed E-state index contributed by atoms with van der Waals surface area (Å²) in [7, 11) is 0. The lowest BCUT2D eigenvalue weighted by Gasteiger charge is -2.35. The monoisotopic (exact) mass is 315 g/mol. The van der Waals surface area contributed by atoms with Crippen LogP contribution in [0.4, 0.5) is 10.5 Å². The number of amides is 3. The molecule has 2 saturated heterocycles. The number of nitrogens with one attached hydrogen (secondary N) is 1. The van der Waals surface area contributed by atoms with Crippen LogP contribution in [-0.4, -0.2) is 42.0 Å². The van der Waals surface area contributed by atoms with Gasteiger partial charge in [0, 0.05) is 24.8 Å². The van der Waals surface area contributed by atoms with Crippen LogP contribution in [0.15, 0.2) is 30.3 Å². The van der Waals surface area contributed by atoms with Crippen molar-refractivity contribution in [2.75, 3.05) is 18.0 Å². The van der Waals surface area contributed by atoms with E-state index in [2.05, 4.69) is 12.2 Å². The van der Waals surface area contributed by atoms with Gasteiger partial charge in [0.2, 0.25) is 5.91 Å². The first-order valence-corrected chi connectivity index (χ1v) is 8.64. The van der Waals surface area contributed by atoms with Crippen LogP contribution >= 0.6 is 0 Å². The molecular formula is C18H25N3O2. The zero-order valence-corrected chi connectivity index (χ0v) is 13.7. The van der Waals surface area contributed by atoms with Crippen LogP contribution in [0, 0.1) is 0 Å². The highest BCUT2D eigenvalue weighted by Gasteiger charge is 2.35. The highest BCUT2D eigenvalue weighted by atomic mass is 16.2. The maximum Gasteiger partial charge on any atom is 0.318 e. The van der Waals surface area contributed by atoms with Gasteiger partial charge in [-0.05, 0) is 44.2 Å². The van der Waals surface area contributed by atoms with Crippen molar-refractivity contribution in [1.82, 2.24) is 10.2 Å². The second kappa shape index (κ2) is 7.02. The van der Waals surface area contributed by atoms with Crippen LogP contribution in [0.25, 0.3) is 0 Å². The summed E-state index contributed by atoms with van der Waals surface area (Å²) >= 11 is 0. The van der Waals surface area contributed by atoms with Gasteiger partial charge in [0.15, 0.2) is 0 Å². The van der Waals surface area contributed by atoms with Crippen LogP contribution in [0.2, 0.25) is 0 Å². The van der Waals surface area contributed by atoms with E-state index < -0.39 is 6.04 Å². The third-order valence-corrected chi connectivity index (χ3v) is 4.93. The Morgan fingerprint density at radius 3 is 2.70 bits per heavy atom. The van der Waals surface area contributed by atoms with Gasteiger partial charge in [-0.15, -0.1) is 0 Å². The molecule has 5 heteroatoms. The molecule has 124 valence electrons. The second-order valence-electron chi connectivity index (χ2n) is 6.37. The minimum atomic E-state index is -0.401. The third kappa shape index (κ3) is 3.33. The van der Waals surface area contributed by atoms with E-state index in [0.717, 1.165) is 31.5 Å². The number of benzene rings is 1. The molecule has 5 nitrogen and oxygen atoms in total. The van der Waals surface area contributed by atoms with Crippen molar-refractivity contribution >= 4 is 17.6 Å². The lowest BCUT2D eigenvalue weighted by molar-refractivity contribution is -0.118. The number of hydrogen-bond acceptors (Lipinski definition) is 2. The number of anilines is 1. The van der Waals surface area contributed by atoms with Crippen molar-refractivity contribution in [2.24, 2.45) is 0 Å². The molecule has 0 spiro atoms. The summed E-state index contributed by atoms with van der Waals surface area (Å²) in [5.41, 5.74) is 0.902. The van der Waals surface area contributed by atoms with Crippen LogP contribution in [0.3, 0.4) is 0 Å². The van der Waals surface area contributed by atoms with Crippen LogP contribution in [0.5, 0.6) is 0 Å². The number of para-hydroxylation sites is 1. The van der Waals surface area contributed by atoms with Gasteiger partial charge in [0.05, 0.1) is 0 Å². The Morgan fingerprint density at radius 2 is 1.96 bits per heavy atom. The Bertz CT molecular complexity index is 561. The van der Waals surface area contributed by atoms with E-state index in [1.165, 1.54) is 6.42 Å². The number of hydrogen-bond donors (Lipinski definition) is 1. The summed E-state index contributed by atoms with van der Waals surface area (Å²) in [4.78, 5) is 28.8. The van der Waals surface area contributed by atoms with E-state index in [9.17, 15) is 9.59 Å².